The van der Waals surface area contributed by atoms with Crippen LogP contribution in [-0.4, -0.2) is 20.2 Å². The number of fused-ring (bicyclic) bond motifs is 2. The molecule has 0 spiro atoms. The van der Waals surface area contributed by atoms with Crippen molar-refractivity contribution in [1.29, 1.82) is 0 Å². The molecule has 4 aromatic carbocycles. The van der Waals surface area contributed by atoms with Gasteiger partial charge in [-0.2, -0.15) is 0 Å². The number of rotatable bonds is 2. The molecule has 118 valence electrons. The molecule has 0 aliphatic carbocycles. The number of hydrogen-bond acceptors (Lipinski definition) is 3. The lowest BCUT2D eigenvalue weighted by atomic mass is 10.1. The van der Waals surface area contributed by atoms with Crippen molar-refractivity contribution < 1.29 is 0 Å². The molecule has 0 bridgehead atoms. The van der Waals surface area contributed by atoms with Gasteiger partial charge in [-0.1, -0.05) is 72.8 Å². The maximum Gasteiger partial charge on any atom is 0.205 e. The van der Waals surface area contributed by atoms with E-state index in [1.54, 1.807) is 4.80 Å². The lowest BCUT2D eigenvalue weighted by Gasteiger charge is -2.04. The molecule has 25 heavy (non-hydrogen) atoms. The highest BCUT2D eigenvalue weighted by Crippen LogP contribution is 2.24. The van der Waals surface area contributed by atoms with Gasteiger partial charge in [-0.3, -0.25) is 0 Å². The summed E-state index contributed by atoms with van der Waals surface area (Å²) >= 11 is 0. The van der Waals surface area contributed by atoms with E-state index in [0.717, 1.165) is 22.0 Å². The molecule has 4 heteroatoms. The zero-order valence-electron chi connectivity index (χ0n) is 13.4. The van der Waals surface area contributed by atoms with Crippen LogP contribution in [0.25, 0.3) is 38.6 Å². The summed E-state index contributed by atoms with van der Waals surface area (Å²) in [7, 11) is 0. The summed E-state index contributed by atoms with van der Waals surface area (Å²) < 4.78 is 0. The molecular weight excluding hydrogens is 308 g/mol. The Hall–Kier alpha value is -3.53. The second-order valence-electron chi connectivity index (χ2n) is 5.96. The molecule has 0 unspecified atom stereocenters. The van der Waals surface area contributed by atoms with Gasteiger partial charge >= 0.3 is 0 Å². The fourth-order valence-corrected chi connectivity index (χ4v) is 3.14. The van der Waals surface area contributed by atoms with Gasteiger partial charge in [0, 0.05) is 10.9 Å². The molecule has 0 amide bonds. The van der Waals surface area contributed by atoms with Gasteiger partial charge in [-0.05, 0) is 33.5 Å². The Labute approximate surface area is 144 Å². The first kappa shape index (κ1) is 13.9. The highest BCUT2D eigenvalue weighted by Gasteiger charge is 2.10. The first-order valence-corrected chi connectivity index (χ1v) is 8.16. The minimum absolute atomic E-state index is 0.624. The zero-order valence-corrected chi connectivity index (χ0v) is 13.4. The molecule has 5 aromatic rings. The van der Waals surface area contributed by atoms with Crippen LogP contribution in [0.4, 0.5) is 0 Å². The lowest BCUT2D eigenvalue weighted by molar-refractivity contribution is 0.725. The molecule has 0 aliphatic rings. The third-order valence-electron chi connectivity index (χ3n) is 4.40. The van der Waals surface area contributed by atoms with Gasteiger partial charge in [0.25, 0.3) is 0 Å². The predicted octanol–water partition coefficient (Wildman–Crippen LogP) is 4.64. The summed E-state index contributed by atoms with van der Waals surface area (Å²) in [5.74, 6) is 0.624. The van der Waals surface area contributed by atoms with E-state index in [1.807, 2.05) is 42.5 Å². The molecule has 0 saturated carbocycles. The van der Waals surface area contributed by atoms with E-state index >= 15 is 0 Å². The van der Waals surface area contributed by atoms with Crippen molar-refractivity contribution in [3.8, 4) is 17.1 Å². The highest BCUT2D eigenvalue weighted by molar-refractivity contribution is 5.90. The average Bonchev–Trinajstić information content (AvgIpc) is 3.17. The van der Waals surface area contributed by atoms with Crippen molar-refractivity contribution in [2.75, 3.05) is 0 Å². The number of benzene rings is 4. The number of nitrogens with zero attached hydrogens (tertiary/aromatic N) is 4. The van der Waals surface area contributed by atoms with E-state index in [-0.39, 0.29) is 0 Å². The molecule has 0 N–H and O–H groups in total. The summed E-state index contributed by atoms with van der Waals surface area (Å²) in [6, 6.07) is 28.8. The number of tetrazole rings is 1. The van der Waals surface area contributed by atoms with E-state index in [4.69, 9.17) is 0 Å². The topological polar surface area (TPSA) is 43.6 Å². The Kier molecular flexibility index (Phi) is 3.07. The number of aromatic nitrogens is 4. The van der Waals surface area contributed by atoms with Gasteiger partial charge in [-0.25, -0.2) is 0 Å². The molecule has 0 saturated heterocycles. The largest absolute Gasteiger partial charge is 0.205 e. The Morgan fingerprint density at radius 3 is 2.32 bits per heavy atom. The highest BCUT2D eigenvalue weighted by atomic mass is 15.6. The summed E-state index contributed by atoms with van der Waals surface area (Å²) in [5.41, 5.74) is 1.89. The van der Waals surface area contributed by atoms with Gasteiger partial charge in [0.15, 0.2) is 0 Å². The van der Waals surface area contributed by atoms with Crippen LogP contribution in [-0.2, 0) is 0 Å². The standard InChI is InChI=1S/C21H14N4/c1-2-8-17-14-18(13-12-15(17)6-1)21-22-24-25(23-21)20-11-5-9-16-7-3-4-10-19(16)20/h1-14H. The maximum absolute atomic E-state index is 4.60. The summed E-state index contributed by atoms with van der Waals surface area (Å²) in [4.78, 5) is 1.60. The SMILES string of the molecule is c1ccc2cc(-c3nnn(-c4cccc5ccccc45)n3)ccc2c1. The van der Waals surface area contributed by atoms with Crippen LogP contribution in [0.3, 0.4) is 0 Å². The Bertz CT molecular complexity index is 1200. The van der Waals surface area contributed by atoms with Gasteiger partial charge < -0.3 is 0 Å². The predicted molar refractivity (Wildman–Crippen MR) is 99.6 cm³/mol. The van der Waals surface area contributed by atoms with Crippen LogP contribution < -0.4 is 0 Å². The Morgan fingerprint density at radius 1 is 0.640 bits per heavy atom. The van der Waals surface area contributed by atoms with Crippen molar-refractivity contribution >= 4 is 21.5 Å². The normalized spacial score (nSPS) is 11.2. The molecule has 4 nitrogen and oxygen atoms in total. The van der Waals surface area contributed by atoms with Crippen LogP contribution >= 0.6 is 0 Å². The van der Waals surface area contributed by atoms with E-state index in [1.165, 1.54) is 10.8 Å². The van der Waals surface area contributed by atoms with E-state index in [2.05, 4.69) is 57.9 Å². The minimum Gasteiger partial charge on any atom is -0.130 e. The van der Waals surface area contributed by atoms with Crippen LogP contribution in [0.15, 0.2) is 84.9 Å². The lowest BCUT2D eigenvalue weighted by Crippen LogP contribution is -1.99. The molecule has 0 radical (unpaired) electrons. The van der Waals surface area contributed by atoms with Gasteiger partial charge in [0.05, 0.1) is 5.69 Å². The van der Waals surface area contributed by atoms with Crippen LogP contribution in [0.1, 0.15) is 0 Å². The van der Waals surface area contributed by atoms with Crippen molar-refractivity contribution in [2.45, 2.75) is 0 Å². The Balaban J connectivity index is 1.62. The molecule has 1 heterocycles. The zero-order chi connectivity index (χ0) is 16.6. The summed E-state index contributed by atoms with van der Waals surface area (Å²) in [5, 5.41) is 17.8. The minimum atomic E-state index is 0.624. The van der Waals surface area contributed by atoms with E-state index in [0.29, 0.717) is 5.82 Å². The maximum atomic E-state index is 4.60. The summed E-state index contributed by atoms with van der Waals surface area (Å²) in [6.07, 6.45) is 0. The van der Waals surface area contributed by atoms with Gasteiger partial charge in [-0.15, -0.1) is 15.0 Å². The monoisotopic (exact) mass is 322 g/mol. The van der Waals surface area contributed by atoms with E-state index < -0.39 is 0 Å². The first-order valence-electron chi connectivity index (χ1n) is 8.16. The van der Waals surface area contributed by atoms with Gasteiger partial charge in [0.1, 0.15) is 0 Å². The van der Waals surface area contributed by atoms with Crippen molar-refractivity contribution in [1.82, 2.24) is 20.2 Å². The third-order valence-corrected chi connectivity index (χ3v) is 4.40. The molecular formula is C21H14N4. The quantitative estimate of drug-likeness (QED) is 0.476. The van der Waals surface area contributed by atoms with E-state index in [9.17, 15) is 0 Å². The van der Waals surface area contributed by atoms with Crippen molar-refractivity contribution in [2.24, 2.45) is 0 Å². The number of hydrogen-bond donors (Lipinski definition) is 0. The van der Waals surface area contributed by atoms with Crippen LogP contribution in [0, 0.1) is 0 Å². The smallest absolute Gasteiger partial charge is 0.130 e. The van der Waals surface area contributed by atoms with Crippen LogP contribution in [0.2, 0.25) is 0 Å². The average molecular weight is 322 g/mol. The molecule has 0 fully saturated rings. The Morgan fingerprint density at radius 2 is 1.40 bits per heavy atom. The molecule has 5 rings (SSSR count). The van der Waals surface area contributed by atoms with Crippen LogP contribution in [0.5, 0.6) is 0 Å². The fourth-order valence-electron chi connectivity index (χ4n) is 3.14. The molecule has 0 atom stereocenters. The molecule has 1 aromatic heterocycles. The fraction of sp³-hybridized carbons (Fsp3) is 0. The van der Waals surface area contributed by atoms with Crippen molar-refractivity contribution in [3.63, 3.8) is 0 Å². The second kappa shape index (κ2) is 5.53. The first-order chi connectivity index (χ1) is 12.4. The molecule has 0 aliphatic heterocycles. The summed E-state index contributed by atoms with van der Waals surface area (Å²) in [6.45, 7) is 0. The van der Waals surface area contributed by atoms with Crippen molar-refractivity contribution in [3.05, 3.63) is 84.9 Å². The third kappa shape index (κ3) is 2.35. The van der Waals surface area contributed by atoms with Gasteiger partial charge in [0.2, 0.25) is 5.82 Å². The second-order valence-corrected chi connectivity index (χ2v) is 5.96.